The fraction of sp³-hybridized carbons (Fsp3) is 0.111. The Hall–Kier alpha value is -2.93. The van der Waals surface area contributed by atoms with E-state index < -0.39 is 0 Å². The van der Waals surface area contributed by atoms with Gasteiger partial charge in [0.2, 0.25) is 0 Å². The van der Waals surface area contributed by atoms with Gasteiger partial charge in [-0.3, -0.25) is 4.79 Å². The minimum absolute atomic E-state index is 0.343. The Morgan fingerprint density at radius 2 is 1.96 bits per heavy atom. The maximum Gasteiger partial charge on any atom is 0.255 e. The molecule has 0 radical (unpaired) electrons. The first-order valence-corrected chi connectivity index (χ1v) is 8.37. The molecule has 1 aromatic heterocycles. The van der Waals surface area contributed by atoms with Crippen LogP contribution >= 0.6 is 11.3 Å². The third-order valence-corrected chi connectivity index (χ3v) is 4.43. The van der Waals surface area contributed by atoms with Gasteiger partial charge in [0.25, 0.3) is 5.91 Å². The first kappa shape index (κ1) is 16.9. The van der Waals surface area contributed by atoms with Crippen LogP contribution in [0.25, 0.3) is 11.3 Å². The summed E-state index contributed by atoms with van der Waals surface area (Å²) in [6, 6.07) is 10.8. The van der Waals surface area contributed by atoms with Crippen LogP contribution in [0.3, 0.4) is 0 Å². The summed E-state index contributed by atoms with van der Waals surface area (Å²) in [6.45, 7) is 0. The zero-order valence-electron chi connectivity index (χ0n) is 13.7. The lowest BCUT2D eigenvalue weighted by Crippen LogP contribution is -2.12. The Kier molecular flexibility index (Phi) is 4.95. The minimum atomic E-state index is -0.389. The van der Waals surface area contributed by atoms with Gasteiger partial charge >= 0.3 is 0 Å². The number of amides is 1. The number of nitrogens with zero attached hydrogens (tertiary/aromatic N) is 1. The highest BCUT2D eigenvalue weighted by Gasteiger charge is 2.12. The third-order valence-electron chi connectivity index (χ3n) is 3.57. The first-order valence-electron chi connectivity index (χ1n) is 7.49. The van der Waals surface area contributed by atoms with Crippen LogP contribution in [-0.4, -0.2) is 25.0 Å². The second-order valence-corrected chi connectivity index (χ2v) is 6.02. The Labute approximate surface area is 148 Å². The molecule has 1 heterocycles. The van der Waals surface area contributed by atoms with Crippen LogP contribution in [0.1, 0.15) is 10.4 Å². The van der Waals surface area contributed by atoms with Gasteiger partial charge in [-0.15, -0.1) is 11.3 Å². The van der Waals surface area contributed by atoms with Crippen LogP contribution in [0.5, 0.6) is 5.75 Å². The highest BCUT2D eigenvalue weighted by atomic mass is 32.1. The average molecular weight is 357 g/mol. The third kappa shape index (κ3) is 3.77. The molecule has 0 aliphatic heterocycles. The van der Waals surface area contributed by atoms with Crippen molar-refractivity contribution in [3.05, 3.63) is 59.2 Å². The molecule has 0 saturated heterocycles. The lowest BCUT2D eigenvalue weighted by Gasteiger charge is -2.11. The lowest BCUT2D eigenvalue weighted by atomic mass is 10.1. The van der Waals surface area contributed by atoms with Crippen LogP contribution in [0, 0.1) is 5.82 Å². The predicted molar refractivity (Wildman–Crippen MR) is 98.0 cm³/mol. The first-order chi connectivity index (χ1) is 12.1. The van der Waals surface area contributed by atoms with Gasteiger partial charge in [0.05, 0.1) is 18.5 Å². The summed E-state index contributed by atoms with van der Waals surface area (Å²) >= 11 is 1.50. The van der Waals surface area contributed by atoms with E-state index in [9.17, 15) is 9.18 Å². The number of hydrogen-bond donors (Lipinski definition) is 2. The van der Waals surface area contributed by atoms with Crippen molar-refractivity contribution in [2.75, 3.05) is 24.8 Å². The number of hydrogen-bond acceptors (Lipinski definition) is 5. The van der Waals surface area contributed by atoms with Gasteiger partial charge in [-0.2, -0.15) is 0 Å². The second-order valence-electron chi connectivity index (χ2n) is 5.16. The van der Waals surface area contributed by atoms with E-state index in [1.165, 1.54) is 42.7 Å². The molecular weight excluding hydrogens is 341 g/mol. The fourth-order valence-corrected chi connectivity index (χ4v) is 2.96. The molecule has 0 unspecified atom stereocenters. The monoisotopic (exact) mass is 357 g/mol. The second kappa shape index (κ2) is 7.31. The van der Waals surface area contributed by atoms with Crippen molar-refractivity contribution in [2.24, 2.45) is 0 Å². The van der Waals surface area contributed by atoms with Crippen molar-refractivity contribution in [1.29, 1.82) is 0 Å². The minimum Gasteiger partial charge on any atom is -0.495 e. The highest BCUT2D eigenvalue weighted by molar-refractivity contribution is 7.14. The Balaban J connectivity index is 1.89. The Morgan fingerprint density at radius 3 is 2.60 bits per heavy atom. The standard InChI is InChI=1S/C18H16FN3O2S/c1-20-18-22-15(10-25-18)12-5-8-16(24-2)14(9-12)21-17(23)11-3-6-13(19)7-4-11/h3-10H,1-2H3,(H,20,22)(H,21,23). The van der Waals surface area contributed by atoms with Gasteiger partial charge in [0.15, 0.2) is 5.13 Å². The van der Waals surface area contributed by atoms with Crippen LogP contribution in [-0.2, 0) is 0 Å². The summed E-state index contributed by atoms with van der Waals surface area (Å²) in [5.74, 6) is -0.201. The predicted octanol–water partition coefficient (Wildman–Crippen LogP) is 4.25. The summed E-state index contributed by atoms with van der Waals surface area (Å²) in [6.07, 6.45) is 0. The zero-order chi connectivity index (χ0) is 17.8. The van der Waals surface area contributed by atoms with E-state index in [0.717, 1.165) is 16.4 Å². The van der Waals surface area contributed by atoms with Crippen molar-refractivity contribution in [2.45, 2.75) is 0 Å². The maximum absolute atomic E-state index is 13.0. The summed E-state index contributed by atoms with van der Waals surface area (Å²) in [5, 5.41) is 8.53. The molecule has 0 atom stereocenters. The number of benzene rings is 2. The van der Waals surface area contributed by atoms with E-state index in [1.54, 1.807) is 12.1 Å². The quantitative estimate of drug-likeness (QED) is 0.716. The van der Waals surface area contributed by atoms with E-state index in [0.29, 0.717) is 17.0 Å². The van der Waals surface area contributed by atoms with Crippen LogP contribution in [0.15, 0.2) is 47.8 Å². The van der Waals surface area contributed by atoms with Crippen molar-refractivity contribution in [1.82, 2.24) is 4.98 Å². The largest absolute Gasteiger partial charge is 0.495 e. The van der Waals surface area contributed by atoms with Gasteiger partial charge in [-0.25, -0.2) is 9.37 Å². The normalized spacial score (nSPS) is 10.4. The molecule has 5 nitrogen and oxygen atoms in total. The zero-order valence-corrected chi connectivity index (χ0v) is 14.5. The summed E-state index contributed by atoms with van der Waals surface area (Å²) in [7, 11) is 3.34. The molecule has 3 aromatic rings. The average Bonchev–Trinajstić information content (AvgIpc) is 3.11. The van der Waals surface area contributed by atoms with Crippen molar-refractivity contribution >= 4 is 28.1 Å². The molecule has 7 heteroatoms. The molecule has 0 bridgehead atoms. The smallest absolute Gasteiger partial charge is 0.255 e. The van der Waals surface area contributed by atoms with Crippen LogP contribution in [0.2, 0.25) is 0 Å². The number of halogens is 1. The van der Waals surface area contributed by atoms with Crippen molar-refractivity contribution in [3.63, 3.8) is 0 Å². The number of nitrogens with one attached hydrogen (secondary N) is 2. The van der Waals surface area contributed by atoms with Crippen LogP contribution < -0.4 is 15.4 Å². The summed E-state index contributed by atoms with van der Waals surface area (Å²) in [4.78, 5) is 16.8. The molecular formula is C18H16FN3O2S. The Bertz CT molecular complexity index is 894. The fourth-order valence-electron chi connectivity index (χ4n) is 2.28. The molecule has 0 aliphatic rings. The number of carbonyl (C=O) groups excluding carboxylic acids is 1. The number of ether oxygens (including phenoxy) is 1. The molecule has 2 aromatic carbocycles. The SMILES string of the molecule is CNc1nc(-c2ccc(OC)c(NC(=O)c3ccc(F)cc3)c2)cs1. The number of carbonyl (C=O) groups is 1. The molecule has 25 heavy (non-hydrogen) atoms. The molecule has 128 valence electrons. The van der Waals surface area contributed by atoms with Gasteiger partial charge in [-0.1, -0.05) is 0 Å². The maximum atomic E-state index is 13.0. The number of methoxy groups -OCH3 is 1. The number of rotatable bonds is 5. The molecule has 3 rings (SSSR count). The number of thiazole rings is 1. The molecule has 0 saturated carbocycles. The molecule has 0 aliphatic carbocycles. The van der Waals surface area contributed by atoms with Gasteiger partial charge < -0.3 is 15.4 Å². The topological polar surface area (TPSA) is 63.3 Å². The van der Waals surface area contributed by atoms with Crippen molar-refractivity contribution < 1.29 is 13.9 Å². The van der Waals surface area contributed by atoms with Gasteiger partial charge in [-0.05, 0) is 42.5 Å². The Morgan fingerprint density at radius 1 is 1.20 bits per heavy atom. The van der Waals surface area contributed by atoms with E-state index in [1.807, 2.05) is 18.5 Å². The van der Waals surface area contributed by atoms with Crippen LogP contribution in [0.4, 0.5) is 15.2 Å². The number of anilines is 2. The van der Waals surface area contributed by atoms with E-state index in [-0.39, 0.29) is 11.7 Å². The van der Waals surface area contributed by atoms with Gasteiger partial charge in [0, 0.05) is 23.6 Å². The lowest BCUT2D eigenvalue weighted by molar-refractivity contribution is 0.102. The highest BCUT2D eigenvalue weighted by Crippen LogP contribution is 2.32. The summed E-state index contributed by atoms with van der Waals surface area (Å²) < 4.78 is 18.3. The molecule has 1 amide bonds. The van der Waals surface area contributed by atoms with E-state index in [2.05, 4.69) is 15.6 Å². The van der Waals surface area contributed by atoms with Crippen molar-refractivity contribution in [3.8, 4) is 17.0 Å². The van der Waals surface area contributed by atoms with E-state index in [4.69, 9.17) is 4.74 Å². The van der Waals surface area contributed by atoms with E-state index >= 15 is 0 Å². The number of aromatic nitrogens is 1. The van der Waals surface area contributed by atoms with Gasteiger partial charge in [0.1, 0.15) is 11.6 Å². The molecule has 2 N–H and O–H groups in total. The molecule has 0 spiro atoms. The summed E-state index contributed by atoms with van der Waals surface area (Å²) in [5.41, 5.74) is 2.54. The molecule has 0 fully saturated rings.